The highest BCUT2D eigenvalue weighted by Gasteiger charge is 2.30. The quantitative estimate of drug-likeness (QED) is 0.812. The van der Waals surface area contributed by atoms with Crippen molar-refractivity contribution in [1.29, 1.82) is 0 Å². The largest absolute Gasteiger partial charge is 0.497 e. The number of hydrogen-bond donors (Lipinski definition) is 1. The zero-order chi connectivity index (χ0) is 19.4. The summed E-state index contributed by atoms with van der Waals surface area (Å²) in [6, 6.07) is 10.8. The standard InChI is InChI=1S/C19H23N3O4S/c1-22(16-9-10-27(24,25)13-16)15-5-8-18(20-12-15)21-19(23)11-14-3-6-17(26-2)7-4-14/h3-8,12,16H,9-11,13H2,1-2H3,(H,20,21,23). The lowest BCUT2D eigenvalue weighted by molar-refractivity contribution is -0.115. The minimum absolute atomic E-state index is 0.0349. The van der Waals surface area contributed by atoms with Gasteiger partial charge in [-0.3, -0.25) is 4.79 Å². The topological polar surface area (TPSA) is 88.6 Å². The Morgan fingerprint density at radius 2 is 2.00 bits per heavy atom. The van der Waals surface area contributed by atoms with Crippen LogP contribution in [0.5, 0.6) is 5.75 Å². The van der Waals surface area contributed by atoms with Crippen molar-refractivity contribution < 1.29 is 17.9 Å². The normalized spacial score (nSPS) is 18.1. The molecule has 1 atom stereocenters. The molecule has 0 aliphatic carbocycles. The van der Waals surface area contributed by atoms with Gasteiger partial charge in [0.05, 0.1) is 36.9 Å². The Labute approximate surface area is 159 Å². The second kappa shape index (κ2) is 7.96. The molecule has 1 saturated heterocycles. The number of amides is 1. The smallest absolute Gasteiger partial charge is 0.229 e. The van der Waals surface area contributed by atoms with E-state index in [1.807, 2.05) is 42.3 Å². The van der Waals surface area contributed by atoms with Gasteiger partial charge in [0.2, 0.25) is 5.91 Å². The first-order valence-electron chi connectivity index (χ1n) is 8.68. The van der Waals surface area contributed by atoms with E-state index in [0.29, 0.717) is 12.2 Å². The number of aromatic nitrogens is 1. The van der Waals surface area contributed by atoms with Gasteiger partial charge in [-0.1, -0.05) is 12.1 Å². The van der Waals surface area contributed by atoms with Crippen LogP contribution in [-0.2, 0) is 21.1 Å². The molecule has 8 heteroatoms. The highest BCUT2D eigenvalue weighted by atomic mass is 32.2. The first-order valence-corrected chi connectivity index (χ1v) is 10.5. The lowest BCUT2D eigenvalue weighted by atomic mass is 10.1. The molecule has 1 amide bonds. The molecule has 1 aromatic carbocycles. The highest BCUT2D eigenvalue weighted by molar-refractivity contribution is 7.91. The van der Waals surface area contributed by atoms with Crippen LogP contribution in [0.2, 0.25) is 0 Å². The molecule has 2 aromatic rings. The van der Waals surface area contributed by atoms with Gasteiger partial charge in [-0.15, -0.1) is 0 Å². The average molecular weight is 389 g/mol. The Balaban J connectivity index is 1.57. The molecule has 1 aromatic heterocycles. The number of carbonyl (C=O) groups is 1. The van der Waals surface area contributed by atoms with E-state index >= 15 is 0 Å². The monoisotopic (exact) mass is 389 g/mol. The van der Waals surface area contributed by atoms with Gasteiger partial charge in [-0.05, 0) is 36.2 Å². The third-order valence-corrected chi connectivity index (χ3v) is 6.45. The molecule has 1 aliphatic rings. The molecule has 0 saturated carbocycles. The van der Waals surface area contributed by atoms with E-state index in [0.717, 1.165) is 17.0 Å². The number of nitrogens with zero attached hydrogens (tertiary/aromatic N) is 2. The van der Waals surface area contributed by atoms with Crippen LogP contribution in [0.25, 0.3) is 0 Å². The van der Waals surface area contributed by atoms with Crippen LogP contribution in [0.15, 0.2) is 42.6 Å². The maximum absolute atomic E-state index is 12.2. The number of carbonyl (C=O) groups excluding carboxylic acids is 1. The van der Waals surface area contributed by atoms with Crippen LogP contribution in [0.3, 0.4) is 0 Å². The zero-order valence-electron chi connectivity index (χ0n) is 15.4. The van der Waals surface area contributed by atoms with Gasteiger partial charge in [0.15, 0.2) is 9.84 Å². The van der Waals surface area contributed by atoms with Crippen molar-refractivity contribution >= 4 is 27.2 Å². The molecule has 27 heavy (non-hydrogen) atoms. The van der Waals surface area contributed by atoms with E-state index in [2.05, 4.69) is 10.3 Å². The SMILES string of the molecule is COc1ccc(CC(=O)Nc2ccc(N(C)C3CCS(=O)(=O)C3)cn2)cc1. The van der Waals surface area contributed by atoms with Gasteiger partial charge >= 0.3 is 0 Å². The van der Waals surface area contributed by atoms with Crippen LogP contribution >= 0.6 is 0 Å². The van der Waals surface area contributed by atoms with Crippen LogP contribution in [0.4, 0.5) is 11.5 Å². The molecular weight excluding hydrogens is 366 g/mol. The number of hydrogen-bond acceptors (Lipinski definition) is 6. The molecule has 1 aliphatic heterocycles. The van der Waals surface area contributed by atoms with Gasteiger partial charge in [0.1, 0.15) is 11.6 Å². The summed E-state index contributed by atoms with van der Waals surface area (Å²) in [5, 5.41) is 2.77. The zero-order valence-corrected chi connectivity index (χ0v) is 16.2. The summed E-state index contributed by atoms with van der Waals surface area (Å²) >= 11 is 0. The summed E-state index contributed by atoms with van der Waals surface area (Å²) in [7, 11) is 0.529. The first kappa shape index (κ1) is 19.2. The van der Waals surface area contributed by atoms with E-state index in [9.17, 15) is 13.2 Å². The fourth-order valence-electron chi connectivity index (χ4n) is 3.08. The fourth-order valence-corrected chi connectivity index (χ4v) is 4.85. The van der Waals surface area contributed by atoms with Crippen LogP contribution < -0.4 is 15.0 Å². The molecule has 3 rings (SSSR count). The van der Waals surface area contributed by atoms with Crippen LogP contribution in [0.1, 0.15) is 12.0 Å². The van der Waals surface area contributed by atoms with E-state index in [-0.39, 0.29) is 29.9 Å². The number of benzene rings is 1. The van der Waals surface area contributed by atoms with Crippen LogP contribution in [-0.4, -0.2) is 51.0 Å². The molecule has 0 bridgehead atoms. The fraction of sp³-hybridized carbons (Fsp3) is 0.368. The van der Waals surface area contributed by atoms with E-state index in [1.165, 1.54) is 0 Å². The van der Waals surface area contributed by atoms with Gasteiger partial charge in [0, 0.05) is 13.1 Å². The van der Waals surface area contributed by atoms with Crippen LogP contribution in [0, 0.1) is 0 Å². The van der Waals surface area contributed by atoms with Crippen molar-refractivity contribution in [2.75, 3.05) is 35.9 Å². The number of anilines is 2. The van der Waals surface area contributed by atoms with E-state index in [4.69, 9.17) is 4.74 Å². The summed E-state index contributed by atoms with van der Waals surface area (Å²) in [6.45, 7) is 0. The highest BCUT2D eigenvalue weighted by Crippen LogP contribution is 2.23. The number of rotatable bonds is 6. The van der Waals surface area contributed by atoms with Crippen molar-refractivity contribution in [1.82, 2.24) is 4.98 Å². The Kier molecular flexibility index (Phi) is 5.65. The molecule has 2 heterocycles. The number of nitrogens with one attached hydrogen (secondary N) is 1. The lowest BCUT2D eigenvalue weighted by Crippen LogP contribution is -2.32. The molecule has 1 N–H and O–H groups in total. The second-order valence-electron chi connectivity index (χ2n) is 6.64. The molecule has 0 spiro atoms. The maximum Gasteiger partial charge on any atom is 0.229 e. The van der Waals surface area contributed by atoms with Crippen molar-refractivity contribution in [3.05, 3.63) is 48.2 Å². The molecule has 144 valence electrons. The molecule has 1 unspecified atom stereocenters. The predicted molar refractivity (Wildman–Crippen MR) is 105 cm³/mol. The lowest BCUT2D eigenvalue weighted by Gasteiger charge is -2.25. The summed E-state index contributed by atoms with van der Waals surface area (Å²) in [4.78, 5) is 18.4. The Morgan fingerprint density at radius 1 is 1.26 bits per heavy atom. The summed E-state index contributed by atoms with van der Waals surface area (Å²) in [5.74, 6) is 1.45. The Hall–Kier alpha value is -2.61. The second-order valence-corrected chi connectivity index (χ2v) is 8.87. The molecule has 7 nitrogen and oxygen atoms in total. The number of methoxy groups -OCH3 is 1. The third-order valence-electron chi connectivity index (χ3n) is 4.70. The van der Waals surface area contributed by atoms with Crippen molar-refractivity contribution in [2.24, 2.45) is 0 Å². The van der Waals surface area contributed by atoms with E-state index < -0.39 is 9.84 Å². The van der Waals surface area contributed by atoms with Gasteiger partial charge in [0.25, 0.3) is 0 Å². The van der Waals surface area contributed by atoms with Gasteiger partial charge < -0.3 is 15.0 Å². The summed E-state index contributed by atoms with van der Waals surface area (Å²) in [6.07, 6.45) is 2.51. The van der Waals surface area contributed by atoms with Crippen molar-refractivity contribution in [3.8, 4) is 5.75 Å². The summed E-state index contributed by atoms with van der Waals surface area (Å²) < 4.78 is 28.4. The maximum atomic E-state index is 12.2. The number of sulfone groups is 1. The Bertz CT molecular complexity index is 896. The number of ether oxygens (including phenoxy) is 1. The number of pyridine rings is 1. The van der Waals surface area contributed by atoms with Gasteiger partial charge in [-0.2, -0.15) is 0 Å². The minimum atomic E-state index is -2.93. The first-order chi connectivity index (χ1) is 12.9. The predicted octanol–water partition coefficient (Wildman–Crippen LogP) is 1.89. The van der Waals surface area contributed by atoms with Crippen molar-refractivity contribution in [3.63, 3.8) is 0 Å². The van der Waals surface area contributed by atoms with E-state index in [1.54, 1.807) is 19.4 Å². The molecule has 0 radical (unpaired) electrons. The molecular formula is C19H23N3O4S. The van der Waals surface area contributed by atoms with Gasteiger partial charge in [-0.25, -0.2) is 13.4 Å². The third kappa shape index (κ3) is 4.97. The minimum Gasteiger partial charge on any atom is -0.497 e. The van der Waals surface area contributed by atoms with Crippen molar-refractivity contribution in [2.45, 2.75) is 18.9 Å². The summed E-state index contributed by atoms with van der Waals surface area (Å²) in [5.41, 5.74) is 1.71. The molecule has 1 fully saturated rings. The average Bonchev–Trinajstić information content (AvgIpc) is 3.02. The Morgan fingerprint density at radius 3 is 2.56 bits per heavy atom.